The Bertz CT molecular complexity index is 691. The number of carbonyl (C=O) groups excluding carboxylic acids is 1. The van der Waals surface area contributed by atoms with Gasteiger partial charge in [-0.15, -0.1) is 16.4 Å². The van der Waals surface area contributed by atoms with Gasteiger partial charge in [-0.3, -0.25) is 4.79 Å². The Balaban J connectivity index is 2.50. The molecule has 0 saturated carbocycles. The number of carbonyl (C=O) groups is 2. The van der Waals surface area contributed by atoms with Crippen LogP contribution in [-0.2, 0) is 11.3 Å². The molecule has 0 spiro atoms. The number of aromatic nitrogens is 4. The molecule has 0 atom stereocenters. The van der Waals surface area contributed by atoms with E-state index in [0.29, 0.717) is 22.8 Å². The Morgan fingerprint density at radius 1 is 1.38 bits per heavy atom. The molecule has 2 rings (SSSR count). The first-order valence-electron chi connectivity index (χ1n) is 6.31. The van der Waals surface area contributed by atoms with Gasteiger partial charge >= 0.3 is 5.97 Å². The number of nitrogens with one attached hydrogen (secondary N) is 1. The van der Waals surface area contributed by atoms with Gasteiger partial charge in [0.05, 0.1) is 15.6 Å². The number of aromatic carboxylic acids is 1. The van der Waals surface area contributed by atoms with Crippen molar-refractivity contribution in [3.05, 3.63) is 16.4 Å². The van der Waals surface area contributed by atoms with Gasteiger partial charge in [0.1, 0.15) is 12.2 Å². The lowest BCUT2D eigenvalue weighted by atomic mass is 10.2. The normalized spacial score (nSPS) is 10.6. The minimum absolute atomic E-state index is 0.0835. The van der Waals surface area contributed by atoms with Crippen LogP contribution in [0, 0.1) is 13.8 Å². The zero-order valence-corrected chi connectivity index (χ0v) is 12.7. The van der Waals surface area contributed by atoms with Crippen LogP contribution in [0.3, 0.4) is 0 Å². The third-order valence-corrected chi connectivity index (χ3v) is 3.80. The largest absolute Gasteiger partial charge is 0.476 e. The fourth-order valence-electron chi connectivity index (χ4n) is 1.93. The SMILES string of the molecule is CCNC(=O)Cn1nnc(C(=O)O)c1-c1sc(C)nc1C. The summed E-state index contributed by atoms with van der Waals surface area (Å²) < 4.78 is 1.30. The minimum Gasteiger partial charge on any atom is -0.476 e. The first-order valence-corrected chi connectivity index (χ1v) is 7.13. The average molecular weight is 309 g/mol. The molecule has 2 heterocycles. The quantitative estimate of drug-likeness (QED) is 0.847. The van der Waals surface area contributed by atoms with Crippen LogP contribution in [0.5, 0.6) is 0 Å². The second kappa shape index (κ2) is 6.00. The molecule has 0 aromatic carbocycles. The van der Waals surface area contributed by atoms with E-state index < -0.39 is 5.97 Å². The number of rotatable bonds is 5. The molecule has 2 N–H and O–H groups in total. The Labute approximate surface area is 124 Å². The molecule has 0 aliphatic rings. The molecular weight excluding hydrogens is 294 g/mol. The van der Waals surface area contributed by atoms with E-state index in [9.17, 15) is 14.7 Å². The molecule has 0 fully saturated rings. The van der Waals surface area contributed by atoms with Gasteiger partial charge in [-0.25, -0.2) is 14.5 Å². The van der Waals surface area contributed by atoms with Gasteiger partial charge in [0.25, 0.3) is 0 Å². The van der Waals surface area contributed by atoms with E-state index in [0.717, 1.165) is 5.01 Å². The maximum Gasteiger partial charge on any atom is 0.358 e. The van der Waals surface area contributed by atoms with Crippen LogP contribution in [0.1, 0.15) is 28.1 Å². The molecule has 0 unspecified atom stereocenters. The van der Waals surface area contributed by atoms with Crippen LogP contribution in [0.25, 0.3) is 10.6 Å². The smallest absolute Gasteiger partial charge is 0.358 e. The van der Waals surface area contributed by atoms with Gasteiger partial charge in [-0.05, 0) is 20.8 Å². The average Bonchev–Trinajstić information content (AvgIpc) is 2.92. The van der Waals surface area contributed by atoms with E-state index in [-0.39, 0.29) is 18.1 Å². The van der Waals surface area contributed by atoms with Crippen LogP contribution in [0.4, 0.5) is 0 Å². The Morgan fingerprint density at radius 3 is 2.62 bits per heavy atom. The van der Waals surface area contributed by atoms with E-state index in [4.69, 9.17) is 0 Å². The molecule has 8 nitrogen and oxygen atoms in total. The number of hydrogen-bond donors (Lipinski definition) is 2. The van der Waals surface area contributed by atoms with Crippen molar-refractivity contribution < 1.29 is 14.7 Å². The number of amides is 1. The van der Waals surface area contributed by atoms with Gasteiger partial charge < -0.3 is 10.4 Å². The van der Waals surface area contributed by atoms with Crippen molar-refractivity contribution in [2.24, 2.45) is 0 Å². The highest BCUT2D eigenvalue weighted by Gasteiger charge is 2.24. The van der Waals surface area contributed by atoms with Gasteiger partial charge in [0.2, 0.25) is 5.91 Å². The standard InChI is InChI=1S/C12H15N5O3S/c1-4-13-8(18)5-17-10(9(12(19)20)15-16-17)11-6(2)14-7(3)21-11/h4-5H2,1-3H3,(H,13,18)(H,19,20). The van der Waals surface area contributed by atoms with Crippen molar-refractivity contribution in [1.29, 1.82) is 0 Å². The lowest BCUT2D eigenvalue weighted by Gasteiger charge is -2.06. The van der Waals surface area contributed by atoms with Crippen molar-refractivity contribution in [1.82, 2.24) is 25.3 Å². The molecule has 0 aliphatic carbocycles. The predicted octanol–water partition coefficient (Wildman–Crippen LogP) is 0.853. The molecule has 2 aromatic heterocycles. The van der Waals surface area contributed by atoms with E-state index in [1.54, 1.807) is 13.8 Å². The molecule has 21 heavy (non-hydrogen) atoms. The van der Waals surface area contributed by atoms with Crippen LogP contribution in [0.2, 0.25) is 0 Å². The zero-order valence-electron chi connectivity index (χ0n) is 11.9. The molecule has 0 saturated heterocycles. The summed E-state index contributed by atoms with van der Waals surface area (Å²) in [6.45, 7) is 5.83. The summed E-state index contributed by atoms with van der Waals surface area (Å²) in [4.78, 5) is 28.0. The number of nitrogens with zero attached hydrogens (tertiary/aromatic N) is 4. The highest BCUT2D eigenvalue weighted by Crippen LogP contribution is 2.31. The summed E-state index contributed by atoms with van der Waals surface area (Å²) in [5.74, 6) is -1.43. The molecule has 112 valence electrons. The van der Waals surface area contributed by atoms with Gasteiger partial charge in [-0.1, -0.05) is 5.21 Å². The number of hydrogen-bond acceptors (Lipinski definition) is 6. The summed E-state index contributed by atoms with van der Waals surface area (Å²) in [6.07, 6.45) is 0. The monoisotopic (exact) mass is 309 g/mol. The van der Waals surface area contributed by atoms with Gasteiger partial charge in [0.15, 0.2) is 5.69 Å². The maximum absolute atomic E-state index is 11.7. The van der Waals surface area contributed by atoms with Crippen LogP contribution in [-0.4, -0.2) is 43.5 Å². The van der Waals surface area contributed by atoms with Crippen LogP contribution < -0.4 is 5.32 Å². The molecule has 2 aromatic rings. The number of aryl methyl sites for hydroxylation is 2. The molecule has 9 heteroatoms. The maximum atomic E-state index is 11.7. The Kier molecular flexibility index (Phi) is 4.32. The number of likely N-dealkylation sites (N-methyl/N-ethyl adjacent to an activating group) is 1. The summed E-state index contributed by atoms with van der Waals surface area (Å²) >= 11 is 1.35. The van der Waals surface area contributed by atoms with Crippen LogP contribution in [0.15, 0.2) is 0 Å². The highest BCUT2D eigenvalue weighted by atomic mass is 32.1. The second-order valence-corrected chi connectivity index (χ2v) is 5.55. The Morgan fingerprint density at radius 2 is 2.10 bits per heavy atom. The number of carboxylic acid groups (broad SMARTS) is 1. The summed E-state index contributed by atoms with van der Waals surface area (Å²) in [5.41, 5.74) is 0.836. The second-order valence-electron chi connectivity index (χ2n) is 4.35. The van der Waals surface area contributed by atoms with E-state index >= 15 is 0 Å². The van der Waals surface area contributed by atoms with E-state index in [1.165, 1.54) is 16.0 Å². The van der Waals surface area contributed by atoms with Crippen molar-refractivity contribution in [2.75, 3.05) is 6.54 Å². The lowest BCUT2D eigenvalue weighted by molar-refractivity contribution is -0.121. The van der Waals surface area contributed by atoms with Crippen molar-refractivity contribution in [3.63, 3.8) is 0 Å². The first-order chi connectivity index (χ1) is 9.93. The van der Waals surface area contributed by atoms with E-state index in [2.05, 4.69) is 20.6 Å². The summed E-state index contributed by atoms with van der Waals surface area (Å²) in [5, 5.41) is 20.2. The highest BCUT2D eigenvalue weighted by molar-refractivity contribution is 7.15. The summed E-state index contributed by atoms with van der Waals surface area (Å²) in [7, 11) is 0. The Hall–Kier alpha value is -2.29. The fraction of sp³-hybridized carbons (Fsp3) is 0.417. The first kappa shape index (κ1) is 15.1. The number of thiazole rings is 1. The van der Waals surface area contributed by atoms with E-state index in [1.807, 2.05) is 6.92 Å². The fourth-order valence-corrected chi connectivity index (χ4v) is 2.90. The van der Waals surface area contributed by atoms with Gasteiger partial charge in [0, 0.05) is 6.54 Å². The zero-order chi connectivity index (χ0) is 15.6. The number of carboxylic acids is 1. The van der Waals surface area contributed by atoms with Gasteiger partial charge in [-0.2, -0.15) is 0 Å². The molecule has 0 aliphatic heterocycles. The summed E-state index contributed by atoms with van der Waals surface area (Å²) in [6, 6.07) is 0. The third-order valence-electron chi connectivity index (χ3n) is 2.72. The molecular formula is C12H15N5O3S. The van der Waals surface area contributed by atoms with Crippen molar-refractivity contribution in [3.8, 4) is 10.6 Å². The van der Waals surface area contributed by atoms with Crippen molar-refractivity contribution in [2.45, 2.75) is 27.3 Å². The minimum atomic E-state index is -1.18. The third kappa shape index (κ3) is 3.07. The predicted molar refractivity (Wildman–Crippen MR) is 76.2 cm³/mol. The topological polar surface area (TPSA) is 110 Å². The molecule has 0 radical (unpaired) electrons. The molecule has 1 amide bonds. The lowest BCUT2D eigenvalue weighted by Crippen LogP contribution is -2.28. The van der Waals surface area contributed by atoms with Crippen LogP contribution >= 0.6 is 11.3 Å². The molecule has 0 bridgehead atoms. The van der Waals surface area contributed by atoms with Crippen molar-refractivity contribution >= 4 is 23.2 Å².